The monoisotopic (exact) mass is 249 g/mol. The van der Waals surface area contributed by atoms with Gasteiger partial charge >= 0.3 is 18.1 Å². The standard InChI is InChI=1S/C9H6F3NO4/c1-17-8(16)5-2-4(7(14)15)3-13-6(5)9(10,11)12/h2-3H,1H3,(H,14,15). The van der Waals surface area contributed by atoms with Gasteiger partial charge in [0.15, 0.2) is 5.69 Å². The third-order valence-electron chi connectivity index (χ3n) is 1.81. The maximum atomic E-state index is 12.5. The number of carbonyl (C=O) groups excluding carboxylic acids is 1. The summed E-state index contributed by atoms with van der Waals surface area (Å²) in [5.74, 6) is -2.79. The predicted molar refractivity (Wildman–Crippen MR) is 47.5 cm³/mol. The number of esters is 1. The highest BCUT2D eigenvalue weighted by atomic mass is 19.4. The zero-order valence-electron chi connectivity index (χ0n) is 8.41. The summed E-state index contributed by atoms with van der Waals surface area (Å²) < 4.78 is 41.5. The highest BCUT2D eigenvalue weighted by Crippen LogP contribution is 2.30. The molecule has 0 amide bonds. The molecule has 92 valence electrons. The van der Waals surface area contributed by atoms with Crippen LogP contribution in [-0.4, -0.2) is 29.1 Å². The van der Waals surface area contributed by atoms with Crippen LogP contribution < -0.4 is 0 Å². The quantitative estimate of drug-likeness (QED) is 0.805. The molecule has 8 heteroatoms. The minimum Gasteiger partial charge on any atom is -0.478 e. The molecule has 1 rings (SSSR count). The van der Waals surface area contributed by atoms with E-state index < -0.39 is 34.9 Å². The number of carboxylic acids is 1. The summed E-state index contributed by atoms with van der Waals surface area (Å²) in [7, 11) is 0.885. The Morgan fingerprint density at radius 1 is 1.41 bits per heavy atom. The average molecular weight is 249 g/mol. The molecular weight excluding hydrogens is 243 g/mol. The molecule has 0 saturated carbocycles. The first kappa shape index (κ1) is 12.9. The van der Waals surface area contributed by atoms with E-state index in [0.29, 0.717) is 12.3 Å². The number of halogens is 3. The fourth-order valence-corrected chi connectivity index (χ4v) is 1.07. The van der Waals surface area contributed by atoms with Gasteiger partial charge in [0.25, 0.3) is 0 Å². The summed E-state index contributed by atoms with van der Waals surface area (Å²) in [5, 5.41) is 8.58. The van der Waals surface area contributed by atoms with E-state index in [-0.39, 0.29) is 0 Å². The van der Waals surface area contributed by atoms with Crippen LogP contribution in [-0.2, 0) is 10.9 Å². The smallest absolute Gasteiger partial charge is 0.434 e. The van der Waals surface area contributed by atoms with Crippen LogP contribution in [0.4, 0.5) is 13.2 Å². The molecule has 1 aromatic rings. The number of carboxylic acid groups (broad SMARTS) is 1. The van der Waals surface area contributed by atoms with Gasteiger partial charge in [-0.05, 0) is 6.07 Å². The third-order valence-corrected chi connectivity index (χ3v) is 1.81. The lowest BCUT2D eigenvalue weighted by molar-refractivity contribution is -0.141. The zero-order chi connectivity index (χ0) is 13.2. The molecule has 0 aliphatic rings. The summed E-state index contributed by atoms with van der Waals surface area (Å²) >= 11 is 0. The number of aromatic carboxylic acids is 1. The van der Waals surface area contributed by atoms with Crippen LogP contribution in [0.25, 0.3) is 0 Å². The van der Waals surface area contributed by atoms with Crippen molar-refractivity contribution in [3.63, 3.8) is 0 Å². The molecule has 0 saturated heterocycles. The molecule has 0 fully saturated rings. The Hall–Kier alpha value is -2.12. The van der Waals surface area contributed by atoms with Crippen molar-refractivity contribution < 1.29 is 32.6 Å². The molecule has 0 atom stereocenters. The lowest BCUT2D eigenvalue weighted by Crippen LogP contribution is -2.17. The number of aromatic nitrogens is 1. The number of methoxy groups -OCH3 is 1. The number of rotatable bonds is 2. The third kappa shape index (κ3) is 2.71. The highest BCUT2D eigenvalue weighted by molar-refractivity contribution is 5.95. The number of nitrogens with zero attached hydrogens (tertiary/aromatic N) is 1. The molecular formula is C9H6F3NO4. The van der Waals surface area contributed by atoms with Gasteiger partial charge in [-0.2, -0.15) is 13.2 Å². The molecule has 0 aliphatic carbocycles. The van der Waals surface area contributed by atoms with Crippen LogP contribution in [0.1, 0.15) is 26.4 Å². The van der Waals surface area contributed by atoms with Gasteiger partial charge in [-0.3, -0.25) is 4.98 Å². The molecule has 5 nitrogen and oxygen atoms in total. The minimum atomic E-state index is -4.86. The minimum absolute atomic E-state index is 0.525. The van der Waals surface area contributed by atoms with E-state index in [1.165, 1.54) is 0 Å². The normalized spacial score (nSPS) is 11.1. The molecule has 0 bridgehead atoms. The van der Waals surface area contributed by atoms with Crippen molar-refractivity contribution in [2.45, 2.75) is 6.18 Å². The lowest BCUT2D eigenvalue weighted by Gasteiger charge is -2.10. The Kier molecular flexibility index (Phi) is 3.35. The maximum absolute atomic E-state index is 12.5. The summed E-state index contributed by atoms with van der Waals surface area (Å²) in [5.41, 5.74) is -2.94. The van der Waals surface area contributed by atoms with E-state index in [1.54, 1.807) is 0 Å². The summed E-state index contributed by atoms with van der Waals surface area (Å²) in [6.45, 7) is 0. The predicted octanol–water partition coefficient (Wildman–Crippen LogP) is 1.59. The Morgan fingerprint density at radius 2 is 2.00 bits per heavy atom. The SMILES string of the molecule is COC(=O)c1cc(C(=O)O)cnc1C(F)(F)F. The van der Waals surface area contributed by atoms with Gasteiger partial charge in [-0.15, -0.1) is 0 Å². The van der Waals surface area contributed by atoms with Crippen LogP contribution in [0.15, 0.2) is 12.3 Å². The summed E-state index contributed by atoms with van der Waals surface area (Å²) in [4.78, 5) is 24.6. The van der Waals surface area contributed by atoms with E-state index in [0.717, 1.165) is 7.11 Å². The lowest BCUT2D eigenvalue weighted by atomic mass is 10.1. The first-order valence-electron chi connectivity index (χ1n) is 4.16. The van der Waals surface area contributed by atoms with Gasteiger partial charge in [0.2, 0.25) is 0 Å². The second-order valence-corrected chi connectivity index (χ2v) is 2.91. The van der Waals surface area contributed by atoms with Gasteiger partial charge < -0.3 is 9.84 Å². The van der Waals surface area contributed by atoms with Crippen molar-refractivity contribution >= 4 is 11.9 Å². The van der Waals surface area contributed by atoms with Crippen molar-refractivity contribution in [3.05, 3.63) is 29.1 Å². The first-order valence-corrected chi connectivity index (χ1v) is 4.16. The molecule has 0 spiro atoms. The Morgan fingerprint density at radius 3 is 2.41 bits per heavy atom. The van der Waals surface area contributed by atoms with Crippen LogP contribution in [0, 0.1) is 0 Å². The fraction of sp³-hybridized carbons (Fsp3) is 0.222. The molecule has 1 N–H and O–H groups in total. The number of pyridine rings is 1. The molecule has 17 heavy (non-hydrogen) atoms. The summed E-state index contributed by atoms with van der Waals surface area (Å²) in [6, 6.07) is 0.573. The van der Waals surface area contributed by atoms with E-state index in [9.17, 15) is 22.8 Å². The van der Waals surface area contributed by atoms with Gasteiger partial charge in [-0.25, -0.2) is 9.59 Å². The Labute approximate surface area is 92.8 Å². The zero-order valence-corrected chi connectivity index (χ0v) is 8.41. The van der Waals surface area contributed by atoms with Crippen molar-refractivity contribution in [2.24, 2.45) is 0 Å². The second kappa shape index (κ2) is 4.40. The number of hydrogen-bond donors (Lipinski definition) is 1. The number of alkyl halides is 3. The topological polar surface area (TPSA) is 76.5 Å². The summed E-state index contributed by atoms with van der Waals surface area (Å²) in [6.07, 6.45) is -4.34. The average Bonchev–Trinajstić information content (AvgIpc) is 2.25. The number of hydrogen-bond acceptors (Lipinski definition) is 4. The second-order valence-electron chi connectivity index (χ2n) is 2.91. The molecule has 0 aromatic carbocycles. The van der Waals surface area contributed by atoms with Crippen LogP contribution >= 0.6 is 0 Å². The van der Waals surface area contributed by atoms with Crippen molar-refractivity contribution in [1.29, 1.82) is 0 Å². The fourth-order valence-electron chi connectivity index (χ4n) is 1.07. The number of ether oxygens (including phenoxy) is 1. The molecule has 1 aromatic heterocycles. The van der Waals surface area contributed by atoms with Gasteiger partial charge in [0.1, 0.15) is 0 Å². The van der Waals surface area contributed by atoms with E-state index >= 15 is 0 Å². The van der Waals surface area contributed by atoms with Gasteiger partial charge in [-0.1, -0.05) is 0 Å². The van der Waals surface area contributed by atoms with Crippen LogP contribution in [0.5, 0.6) is 0 Å². The van der Waals surface area contributed by atoms with Gasteiger partial charge in [0.05, 0.1) is 18.2 Å². The van der Waals surface area contributed by atoms with E-state index in [4.69, 9.17) is 5.11 Å². The molecule has 0 aliphatic heterocycles. The number of carbonyl (C=O) groups is 2. The Balaban J connectivity index is 3.42. The van der Waals surface area contributed by atoms with Crippen molar-refractivity contribution in [2.75, 3.05) is 7.11 Å². The Bertz CT molecular complexity index is 470. The van der Waals surface area contributed by atoms with E-state index in [2.05, 4.69) is 9.72 Å². The largest absolute Gasteiger partial charge is 0.478 e. The first-order chi connectivity index (χ1) is 7.77. The van der Waals surface area contributed by atoms with Gasteiger partial charge in [0, 0.05) is 6.20 Å². The van der Waals surface area contributed by atoms with E-state index in [1.807, 2.05) is 0 Å². The molecule has 0 radical (unpaired) electrons. The van der Waals surface area contributed by atoms with Crippen molar-refractivity contribution in [1.82, 2.24) is 4.98 Å². The van der Waals surface area contributed by atoms with Crippen molar-refractivity contribution in [3.8, 4) is 0 Å². The van der Waals surface area contributed by atoms with Crippen LogP contribution in [0.3, 0.4) is 0 Å². The highest BCUT2D eigenvalue weighted by Gasteiger charge is 2.38. The molecule has 0 unspecified atom stereocenters. The maximum Gasteiger partial charge on any atom is 0.434 e. The molecule has 1 heterocycles. The van der Waals surface area contributed by atoms with Crippen LogP contribution in [0.2, 0.25) is 0 Å².